The fourth-order valence-electron chi connectivity index (χ4n) is 0.991. The van der Waals surface area contributed by atoms with Gasteiger partial charge in [0.25, 0.3) is 0 Å². The van der Waals surface area contributed by atoms with Gasteiger partial charge in [0, 0.05) is 11.9 Å². The highest BCUT2D eigenvalue weighted by molar-refractivity contribution is 8.00. The van der Waals surface area contributed by atoms with Gasteiger partial charge in [0.1, 0.15) is 0 Å². The first-order chi connectivity index (χ1) is 7.81. The number of nitrogens with two attached hydrogens (primary N) is 1. The second-order valence-electron chi connectivity index (χ2n) is 2.92. The average Bonchev–Trinajstić information content (AvgIpc) is 2.20. The Labute approximate surface area is 105 Å². The van der Waals surface area contributed by atoms with Gasteiger partial charge in [-0.1, -0.05) is 11.6 Å². The van der Waals surface area contributed by atoms with E-state index in [0.29, 0.717) is 0 Å². The fourth-order valence-corrected chi connectivity index (χ4v) is 1.74. The minimum atomic E-state index is -4.34. The molecule has 1 aromatic carbocycles. The number of aliphatic imine (C=N–C) groups is 1. The van der Waals surface area contributed by atoms with Crippen molar-refractivity contribution in [3.63, 3.8) is 0 Å². The summed E-state index contributed by atoms with van der Waals surface area (Å²) in [4.78, 5) is 3.65. The minimum Gasteiger partial charge on any atom is -0.370 e. The lowest BCUT2D eigenvalue weighted by molar-refractivity contribution is -0.0328. The van der Waals surface area contributed by atoms with Crippen LogP contribution in [-0.4, -0.2) is 18.5 Å². The van der Waals surface area contributed by atoms with Gasteiger partial charge in [-0.15, -0.1) is 0 Å². The van der Waals surface area contributed by atoms with Crippen LogP contribution in [0.1, 0.15) is 0 Å². The number of guanidine groups is 1. The van der Waals surface area contributed by atoms with Crippen molar-refractivity contribution in [1.29, 1.82) is 0 Å². The quantitative estimate of drug-likeness (QED) is 0.497. The highest BCUT2D eigenvalue weighted by Gasteiger charge is 2.29. The Morgan fingerprint density at radius 2 is 2.12 bits per heavy atom. The van der Waals surface area contributed by atoms with Crippen LogP contribution in [0, 0.1) is 0 Å². The third-order valence-corrected chi connectivity index (χ3v) is 2.73. The van der Waals surface area contributed by atoms with Crippen molar-refractivity contribution in [3.8, 4) is 0 Å². The maximum atomic E-state index is 12.2. The van der Waals surface area contributed by atoms with Gasteiger partial charge in [0.15, 0.2) is 5.96 Å². The van der Waals surface area contributed by atoms with E-state index >= 15 is 0 Å². The lowest BCUT2D eigenvalue weighted by Crippen LogP contribution is -2.22. The van der Waals surface area contributed by atoms with E-state index in [4.69, 9.17) is 17.3 Å². The van der Waals surface area contributed by atoms with Gasteiger partial charge in [-0.2, -0.15) is 13.2 Å². The predicted molar refractivity (Wildman–Crippen MR) is 64.5 cm³/mol. The second-order valence-corrected chi connectivity index (χ2v) is 4.47. The number of alkyl halides is 3. The molecular formula is C9H9ClF3N3S. The zero-order valence-electron chi connectivity index (χ0n) is 8.68. The summed E-state index contributed by atoms with van der Waals surface area (Å²) in [6, 6.07) is 3.91. The molecule has 0 spiro atoms. The van der Waals surface area contributed by atoms with Crippen molar-refractivity contribution in [2.45, 2.75) is 10.4 Å². The van der Waals surface area contributed by atoms with Crippen molar-refractivity contribution in [1.82, 2.24) is 0 Å². The Morgan fingerprint density at radius 1 is 1.47 bits per heavy atom. The summed E-state index contributed by atoms with van der Waals surface area (Å²) in [7, 11) is 1.45. The molecule has 0 fully saturated rings. The van der Waals surface area contributed by atoms with E-state index in [9.17, 15) is 13.2 Å². The number of nitrogens with zero attached hydrogens (tertiary/aromatic N) is 1. The Balaban J connectivity index is 2.94. The summed E-state index contributed by atoms with van der Waals surface area (Å²) in [6.45, 7) is 0. The Kier molecular flexibility index (Phi) is 4.53. The van der Waals surface area contributed by atoms with Crippen LogP contribution < -0.4 is 11.1 Å². The van der Waals surface area contributed by atoms with Gasteiger partial charge in [-0.25, -0.2) is 0 Å². The van der Waals surface area contributed by atoms with Crippen LogP contribution in [0.25, 0.3) is 0 Å². The molecule has 0 heterocycles. The van der Waals surface area contributed by atoms with Gasteiger partial charge in [-0.3, -0.25) is 4.99 Å². The fraction of sp³-hybridized carbons (Fsp3) is 0.222. The van der Waals surface area contributed by atoms with E-state index in [2.05, 4.69) is 10.3 Å². The van der Waals surface area contributed by atoms with Gasteiger partial charge in [0.2, 0.25) is 0 Å². The third kappa shape index (κ3) is 4.74. The van der Waals surface area contributed by atoms with Crippen LogP contribution in [0.4, 0.5) is 18.9 Å². The maximum absolute atomic E-state index is 12.2. The molecule has 0 radical (unpaired) electrons. The predicted octanol–water partition coefficient (Wildman–Crippen LogP) is 3.31. The highest BCUT2D eigenvalue weighted by atomic mass is 35.5. The van der Waals surface area contributed by atoms with Crippen molar-refractivity contribution < 1.29 is 13.2 Å². The topological polar surface area (TPSA) is 50.4 Å². The average molecular weight is 284 g/mol. The molecule has 1 aromatic rings. The van der Waals surface area contributed by atoms with Gasteiger partial charge < -0.3 is 11.1 Å². The lowest BCUT2D eigenvalue weighted by Gasteiger charge is -2.10. The molecule has 94 valence electrons. The lowest BCUT2D eigenvalue weighted by atomic mass is 10.3. The van der Waals surface area contributed by atoms with E-state index in [1.165, 1.54) is 25.2 Å². The number of hydrogen-bond acceptors (Lipinski definition) is 2. The molecule has 0 saturated carbocycles. The molecule has 0 bridgehead atoms. The largest absolute Gasteiger partial charge is 0.446 e. The second kappa shape index (κ2) is 5.50. The van der Waals surface area contributed by atoms with Crippen molar-refractivity contribution >= 4 is 35.0 Å². The number of halogens is 4. The van der Waals surface area contributed by atoms with Crippen LogP contribution in [0.3, 0.4) is 0 Å². The number of thioether (sulfide) groups is 1. The first-order valence-electron chi connectivity index (χ1n) is 4.36. The zero-order chi connectivity index (χ0) is 13.1. The Morgan fingerprint density at radius 3 is 2.65 bits per heavy atom. The molecule has 3 nitrogen and oxygen atoms in total. The minimum absolute atomic E-state index is 0.0216. The SMILES string of the molecule is CN=C(N)Nc1cc(SC(F)(F)F)ccc1Cl. The number of benzene rings is 1. The van der Waals surface area contributed by atoms with E-state index in [0.717, 1.165) is 0 Å². The van der Waals surface area contributed by atoms with Crippen molar-refractivity contribution in [2.75, 3.05) is 12.4 Å². The molecule has 8 heteroatoms. The van der Waals surface area contributed by atoms with Crippen LogP contribution in [0.5, 0.6) is 0 Å². The maximum Gasteiger partial charge on any atom is 0.446 e. The van der Waals surface area contributed by atoms with Crippen LogP contribution in [0.15, 0.2) is 28.1 Å². The van der Waals surface area contributed by atoms with E-state index < -0.39 is 5.51 Å². The number of rotatable bonds is 2. The molecule has 0 aromatic heterocycles. The molecule has 0 aliphatic carbocycles. The molecule has 0 amide bonds. The summed E-state index contributed by atoms with van der Waals surface area (Å²) < 4.78 is 36.5. The molecule has 0 saturated heterocycles. The standard InChI is InChI=1S/C9H9ClF3N3S/c1-15-8(14)16-7-4-5(2-3-6(7)10)17-9(11,12)13/h2-4H,1H3,(H3,14,15,16). The first-order valence-corrected chi connectivity index (χ1v) is 5.56. The Hall–Kier alpha value is -1.08. The van der Waals surface area contributed by atoms with Gasteiger partial charge in [-0.05, 0) is 30.0 Å². The van der Waals surface area contributed by atoms with E-state index in [-0.39, 0.29) is 33.3 Å². The number of hydrogen-bond donors (Lipinski definition) is 2. The summed E-state index contributed by atoms with van der Waals surface area (Å²) in [5, 5.41) is 2.87. The van der Waals surface area contributed by atoms with Gasteiger partial charge in [0.05, 0.1) is 10.7 Å². The molecule has 0 aliphatic heterocycles. The molecule has 3 N–H and O–H groups in total. The third-order valence-electron chi connectivity index (χ3n) is 1.68. The van der Waals surface area contributed by atoms with Crippen LogP contribution in [-0.2, 0) is 0 Å². The molecular weight excluding hydrogens is 275 g/mol. The van der Waals surface area contributed by atoms with Crippen LogP contribution in [0.2, 0.25) is 5.02 Å². The van der Waals surface area contributed by atoms with Crippen LogP contribution >= 0.6 is 23.4 Å². The normalized spacial score (nSPS) is 12.6. The monoisotopic (exact) mass is 283 g/mol. The van der Waals surface area contributed by atoms with E-state index in [1.54, 1.807) is 0 Å². The molecule has 0 aliphatic rings. The summed E-state index contributed by atoms with van der Waals surface area (Å²) in [6.07, 6.45) is 0. The molecule has 0 unspecified atom stereocenters. The summed E-state index contributed by atoms with van der Waals surface area (Å²) in [5.74, 6) is 0.0704. The molecule has 0 atom stereocenters. The molecule has 17 heavy (non-hydrogen) atoms. The number of anilines is 1. The van der Waals surface area contributed by atoms with Crippen molar-refractivity contribution in [3.05, 3.63) is 23.2 Å². The highest BCUT2D eigenvalue weighted by Crippen LogP contribution is 2.38. The van der Waals surface area contributed by atoms with Gasteiger partial charge >= 0.3 is 5.51 Å². The Bertz CT molecular complexity index is 434. The first kappa shape index (κ1) is 14.0. The van der Waals surface area contributed by atoms with Crippen molar-refractivity contribution in [2.24, 2.45) is 10.7 Å². The summed E-state index contributed by atoms with van der Waals surface area (Å²) in [5.41, 5.74) is 1.35. The smallest absolute Gasteiger partial charge is 0.370 e. The molecule has 1 rings (SSSR count). The summed E-state index contributed by atoms with van der Waals surface area (Å²) >= 11 is 5.58. The zero-order valence-corrected chi connectivity index (χ0v) is 10.2. The number of nitrogens with one attached hydrogen (secondary N) is 1. The van der Waals surface area contributed by atoms with E-state index in [1.807, 2.05) is 0 Å².